The number of alkyl halides is 2. The standard InChI is InChI=1S/C14H12Cl2F2N2O2/c1-13(9-4-8(17)2-3-10(9)18)11(21)20(12(22)19-13)6-7-5-14(7,15)16/h2-4,7H,5-6H2,1H3,(H,19,22)/t7-,13+/m0/s1. The molecule has 1 saturated heterocycles. The van der Waals surface area contributed by atoms with E-state index in [0.29, 0.717) is 6.42 Å². The normalized spacial score (nSPS) is 29.7. The van der Waals surface area contributed by atoms with E-state index in [4.69, 9.17) is 23.2 Å². The van der Waals surface area contributed by atoms with Gasteiger partial charge in [-0.1, -0.05) is 0 Å². The summed E-state index contributed by atoms with van der Waals surface area (Å²) >= 11 is 11.8. The Bertz CT molecular complexity index is 683. The molecule has 1 saturated carbocycles. The summed E-state index contributed by atoms with van der Waals surface area (Å²) in [6.07, 6.45) is 0.470. The van der Waals surface area contributed by atoms with Crippen LogP contribution in [0.2, 0.25) is 0 Å². The molecule has 1 heterocycles. The average Bonchev–Trinajstić information content (AvgIpc) is 2.97. The van der Waals surface area contributed by atoms with E-state index in [1.807, 2.05) is 0 Å². The van der Waals surface area contributed by atoms with Crippen molar-refractivity contribution in [1.82, 2.24) is 10.2 Å². The highest BCUT2D eigenvalue weighted by Crippen LogP contribution is 2.53. The Labute approximate surface area is 135 Å². The van der Waals surface area contributed by atoms with Crippen LogP contribution in [0, 0.1) is 17.6 Å². The number of nitrogens with zero attached hydrogens (tertiary/aromatic N) is 1. The zero-order valence-corrected chi connectivity index (χ0v) is 13.0. The first kappa shape index (κ1) is 15.5. The summed E-state index contributed by atoms with van der Waals surface area (Å²) in [4.78, 5) is 25.5. The number of halogens is 4. The van der Waals surface area contributed by atoms with E-state index in [1.54, 1.807) is 0 Å². The van der Waals surface area contributed by atoms with Gasteiger partial charge in [0.2, 0.25) is 0 Å². The van der Waals surface area contributed by atoms with Crippen molar-refractivity contribution in [1.29, 1.82) is 0 Å². The molecule has 2 atom stereocenters. The molecule has 3 amide bonds. The van der Waals surface area contributed by atoms with Crippen molar-refractivity contribution in [3.05, 3.63) is 35.4 Å². The van der Waals surface area contributed by atoms with Gasteiger partial charge in [0.1, 0.15) is 21.5 Å². The van der Waals surface area contributed by atoms with Gasteiger partial charge >= 0.3 is 6.03 Å². The lowest BCUT2D eigenvalue weighted by Crippen LogP contribution is -2.42. The topological polar surface area (TPSA) is 49.4 Å². The third-order valence-corrected chi connectivity index (χ3v) is 5.03. The lowest BCUT2D eigenvalue weighted by molar-refractivity contribution is -0.131. The molecule has 2 fully saturated rings. The van der Waals surface area contributed by atoms with E-state index in [9.17, 15) is 18.4 Å². The van der Waals surface area contributed by atoms with Crippen LogP contribution in [0.15, 0.2) is 18.2 Å². The number of carbonyl (C=O) groups is 2. The minimum absolute atomic E-state index is 0.0458. The van der Waals surface area contributed by atoms with E-state index in [2.05, 4.69) is 5.32 Å². The predicted molar refractivity (Wildman–Crippen MR) is 76.5 cm³/mol. The third-order valence-electron chi connectivity index (χ3n) is 4.10. The number of nitrogens with one attached hydrogen (secondary N) is 1. The monoisotopic (exact) mass is 348 g/mol. The number of rotatable bonds is 3. The summed E-state index contributed by atoms with van der Waals surface area (Å²) in [6.45, 7) is 1.39. The van der Waals surface area contributed by atoms with E-state index in [1.165, 1.54) is 6.92 Å². The molecule has 0 radical (unpaired) electrons. The van der Waals surface area contributed by atoms with Crippen molar-refractivity contribution >= 4 is 35.1 Å². The first-order valence-electron chi connectivity index (χ1n) is 6.62. The van der Waals surface area contributed by atoms with Crippen molar-refractivity contribution in [2.75, 3.05) is 6.54 Å². The molecule has 0 spiro atoms. The van der Waals surface area contributed by atoms with Gasteiger partial charge in [-0.15, -0.1) is 23.2 Å². The molecule has 4 nitrogen and oxygen atoms in total. The molecule has 1 N–H and O–H groups in total. The fraction of sp³-hybridized carbons (Fsp3) is 0.429. The van der Waals surface area contributed by atoms with Gasteiger partial charge in [0.05, 0.1) is 0 Å². The fourth-order valence-electron chi connectivity index (χ4n) is 2.61. The molecule has 3 rings (SSSR count). The smallest absolute Gasteiger partial charge is 0.319 e. The summed E-state index contributed by atoms with van der Waals surface area (Å²) < 4.78 is 26.4. The maximum atomic E-state index is 14.0. The van der Waals surface area contributed by atoms with Gasteiger partial charge in [0, 0.05) is 18.0 Å². The molecular weight excluding hydrogens is 337 g/mol. The second-order valence-electron chi connectivity index (χ2n) is 5.76. The average molecular weight is 349 g/mol. The summed E-state index contributed by atoms with van der Waals surface area (Å²) in [5, 5.41) is 2.42. The van der Waals surface area contributed by atoms with Crippen molar-refractivity contribution in [2.45, 2.75) is 23.2 Å². The van der Waals surface area contributed by atoms with E-state index < -0.39 is 33.4 Å². The highest BCUT2D eigenvalue weighted by Gasteiger charge is 2.57. The number of carbonyl (C=O) groups excluding carboxylic acids is 2. The van der Waals surface area contributed by atoms with Crippen molar-refractivity contribution < 1.29 is 18.4 Å². The van der Waals surface area contributed by atoms with Crippen LogP contribution < -0.4 is 5.32 Å². The Balaban J connectivity index is 1.90. The summed E-state index contributed by atoms with van der Waals surface area (Å²) in [7, 11) is 0. The summed E-state index contributed by atoms with van der Waals surface area (Å²) in [6, 6.07) is 2.09. The van der Waals surface area contributed by atoms with Crippen LogP contribution in [0.25, 0.3) is 0 Å². The number of hydrogen-bond donors (Lipinski definition) is 1. The van der Waals surface area contributed by atoms with E-state index in [0.717, 1.165) is 23.1 Å². The Morgan fingerprint density at radius 2 is 2.00 bits per heavy atom. The summed E-state index contributed by atoms with van der Waals surface area (Å²) in [5.74, 6) is -2.33. The highest BCUT2D eigenvalue weighted by molar-refractivity contribution is 6.50. The molecular formula is C14H12Cl2F2N2O2. The first-order valence-corrected chi connectivity index (χ1v) is 7.38. The van der Waals surface area contributed by atoms with Crippen molar-refractivity contribution in [2.24, 2.45) is 5.92 Å². The number of amides is 3. The third kappa shape index (κ3) is 2.34. The maximum Gasteiger partial charge on any atom is 0.325 e. The van der Waals surface area contributed by atoms with Crippen LogP contribution >= 0.6 is 23.2 Å². The largest absolute Gasteiger partial charge is 0.325 e. The van der Waals surface area contributed by atoms with Crippen LogP contribution in [-0.4, -0.2) is 27.7 Å². The Morgan fingerprint density at radius 1 is 1.36 bits per heavy atom. The lowest BCUT2D eigenvalue weighted by atomic mass is 9.91. The van der Waals surface area contributed by atoms with E-state index >= 15 is 0 Å². The molecule has 2 aliphatic rings. The Kier molecular flexibility index (Phi) is 3.38. The minimum atomic E-state index is -1.65. The van der Waals surface area contributed by atoms with Crippen LogP contribution in [0.1, 0.15) is 18.9 Å². The number of benzene rings is 1. The van der Waals surface area contributed by atoms with Gasteiger partial charge in [-0.2, -0.15) is 0 Å². The molecule has 118 valence electrons. The van der Waals surface area contributed by atoms with Gasteiger partial charge < -0.3 is 5.32 Å². The second-order valence-corrected chi connectivity index (χ2v) is 7.30. The van der Waals surface area contributed by atoms with Gasteiger partial charge in [-0.25, -0.2) is 13.6 Å². The molecule has 8 heteroatoms. The zero-order chi connectivity index (χ0) is 16.3. The van der Waals surface area contributed by atoms with Crippen LogP contribution in [-0.2, 0) is 10.3 Å². The molecule has 1 aliphatic heterocycles. The first-order chi connectivity index (χ1) is 10.1. The molecule has 1 aromatic rings. The molecule has 22 heavy (non-hydrogen) atoms. The molecule has 0 unspecified atom stereocenters. The SMILES string of the molecule is C[C@]1(c2cc(F)ccc2F)NC(=O)N(C[C@@H]2CC2(Cl)Cl)C1=O. The van der Waals surface area contributed by atoms with Gasteiger partial charge in [0.25, 0.3) is 5.91 Å². The maximum absolute atomic E-state index is 14.0. The fourth-order valence-corrected chi connectivity index (χ4v) is 3.12. The predicted octanol–water partition coefficient (Wildman–Crippen LogP) is 2.93. The lowest BCUT2D eigenvalue weighted by Gasteiger charge is -2.23. The zero-order valence-electron chi connectivity index (χ0n) is 11.5. The van der Waals surface area contributed by atoms with E-state index in [-0.39, 0.29) is 18.0 Å². The van der Waals surface area contributed by atoms with Crippen LogP contribution in [0.4, 0.5) is 13.6 Å². The van der Waals surface area contributed by atoms with Gasteiger partial charge in [-0.3, -0.25) is 9.69 Å². The van der Waals surface area contributed by atoms with Crippen molar-refractivity contribution in [3.8, 4) is 0 Å². The number of imide groups is 1. The second kappa shape index (κ2) is 4.80. The Morgan fingerprint density at radius 3 is 2.59 bits per heavy atom. The minimum Gasteiger partial charge on any atom is -0.319 e. The Hall–Kier alpha value is -1.40. The molecule has 0 aromatic heterocycles. The molecule has 1 aromatic carbocycles. The van der Waals surface area contributed by atoms with Gasteiger partial charge in [0.15, 0.2) is 0 Å². The molecule has 1 aliphatic carbocycles. The van der Waals surface area contributed by atoms with Crippen LogP contribution in [0.5, 0.6) is 0 Å². The van der Waals surface area contributed by atoms with Crippen molar-refractivity contribution in [3.63, 3.8) is 0 Å². The summed E-state index contributed by atoms with van der Waals surface area (Å²) in [5.41, 5.74) is -1.87. The van der Waals surface area contributed by atoms with Crippen LogP contribution in [0.3, 0.4) is 0 Å². The number of urea groups is 1. The quantitative estimate of drug-likeness (QED) is 0.674. The highest BCUT2D eigenvalue weighted by atomic mass is 35.5. The van der Waals surface area contributed by atoms with Gasteiger partial charge in [-0.05, 0) is 31.5 Å². The molecule has 0 bridgehead atoms. The number of hydrogen-bond acceptors (Lipinski definition) is 2.